The highest BCUT2D eigenvalue weighted by Gasteiger charge is 2.42. The lowest BCUT2D eigenvalue weighted by atomic mass is 9.81. The highest BCUT2D eigenvalue weighted by atomic mass is 32.2. The van der Waals surface area contributed by atoms with E-state index in [0.717, 1.165) is 25.6 Å². The minimum Gasteiger partial charge on any atom is -0.374 e. The molecule has 3 unspecified atom stereocenters. The SMILES string of the molecule is CCCNC(CN(C)C)C1CCOC2(CCSC2)C1. The maximum absolute atomic E-state index is 6.15. The van der Waals surface area contributed by atoms with Gasteiger partial charge in [0, 0.05) is 24.9 Å². The standard InChI is InChI=1S/C15H30N2OS/c1-4-7-16-14(11-17(2)3)13-5-8-18-15(10-13)6-9-19-12-15/h13-14,16H,4-12H2,1-3H3. The van der Waals surface area contributed by atoms with Gasteiger partial charge < -0.3 is 15.0 Å². The molecule has 0 bridgehead atoms. The van der Waals surface area contributed by atoms with Crippen molar-refractivity contribution in [1.82, 2.24) is 10.2 Å². The van der Waals surface area contributed by atoms with Crippen molar-refractivity contribution in [3.05, 3.63) is 0 Å². The molecule has 0 aromatic rings. The first kappa shape index (κ1) is 15.6. The first-order valence-corrected chi connectivity index (χ1v) is 8.90. The van der Waals surface area contributed by atoms with Gasteiger partial charge in [0.2, 0.25) is 0 Å². The largest absolute Gasteiger partial charge is 0.374 e. The van der Waals surface area contributed by atoms with Crippen LogP contribution in [0.1, 0.15) is 32.6 Å². The number of thioether (sulfide) groups is 1. The number of rotatable bonds is 6. The average molecular weight is 286 g/mol. The molecule has 2 aliphatic rings. The molecule has 4 heteroatoms. The molecule has 19 heavy (non-hydrogen) atoms. The lowest BCUT2D eigenvalue weighted by molar-refractivity contribution is -0.0860. The summed E-state index contributed by atoms with van der Waals surface area (Å²) in [5, 5.41) is 3.77. The summed E-state index contributed by atoms with van der Waals surface area (Å²) in [7, 11) is 4.36. The Balaban J connectivity index is 1.94. The van der Waals surface area contributed by atoms with E-state index in [1.54, 1.807) is 0 Å². The van der Waals surface area contributed by atoms with Gasteiger partial charge >= 0.3 is 0 Å². The normalized spacial score (nSPS) is 33.2. The van der Waals surface area contributed by atoms with E-state index < -0.39 is 0 Å². The van der Waals surface area contributed by atoms with Crippen molar-refractivity contribution in [2.75, 3.05) is 45.3 Å². The van der Waals surface area contributed by atoms with Gasteiger partial charge in [-0.05, 0) is 58.0 Å². The fourth-order valence-electron chi connectivity index (χ4n) is 3.38. The van der Waals surface area contributed by atoms with Crippen molar-refractivity contribution in [1.29, 1.82) is 0 Å². The molecule has 0 aromatic carbocycles. The Morgan fingerprint density at radius 1 is 1.47 bits per heavy atom. The van der Waals surface area contributed by atoms with Gasteiger partial charge in [0.05, 0.1) is 5.60 Å². The van der Waals surface area contributed by atoms with Crippen LogP contribution in [0.4, 0.5) is 0 Å². The van der Waals surface area contributed by atoms with Crippen molar-refractivity contribution >= 4 is 11.8 Å². The number of nitrogens with zero attached hydrogens (tertiary/aromatic N) is 1. The summed E-state index contributed by atoms with van der Waals surface area (Å²) in [6.07, 6.45) is 4.96. The van der Waals surface area contributed by atoms with Crippen LogP contribution in [0.5, 0.6) is 0 Å². The van der Waals surface area contributed by atoms with Crippen LogP contribution in [-0.2, 0) is 4.74 Å². The van der Waals surface area contributed by atoms with Gasteiger partial charge in [0.25, 0.3) is 0 Å². The van der Waals surface area contributed by atoms with Crippen molar-refractivity contribution in [2.24, 2.45) is 5.92 Å². The quantitative estimate of drug-likeness (QED) is 0.809. The first-order chi connectivity index (χ1) is 9.15. The minimum atomic E-state index is 0.214. The summed E-state index contributed by atoms with van der Waals surface area (Å²) in [6.45, 7) is 5.49. The Hall–Kier alpha value is 0.230. The van der Waals surface area contributed by atoms with Crippen LogP contribution >= 0.6 is 11.8 Å². The van der Waals surface area contributed by atoms with Crippen LogP contribution in [0.3, 0.4) is 0 Å². The van der Waals surface area contributed by atoms with Crippen LogP contribution in [0.25, 0.3) is 0 Å². The molecule has 112 valence electrons. The Morgan fingerprint density at radius 3 is 2.95 bits per heavy atom. The summed E-state index contributed by atoms with van der Waals surface area (Å²) in [4.78, 5) is 2.32. The molecule has 0 saturated carbocycles. The summed E-state index contributed by atoms with van der Waals surface area (Å²) in [5.74, 6) is 3.28. The zero-order valence-corrected chi connectivity index (χ0v) is 13.6. The van der Waals surface area contributed by atoms with Crippen LogP contribution < -0.4 is 5.32 Å². The van der Waals surface area contributed by atoms with Crippen LogP contribution in [0, 0.1) is 5.92 Å². The van der Waals surface area contributed by atoms with Crippen molar-refractivity contribution < 1.29 is 4.74 Å². The van der Waals surface area contributed by atoms with Crippen LogP contribution in [-0.4, -0.2) is 61.8 Å². The van der Waals surface area contributed by atoms with E-state index >= 15 is 0 Å². The topological polar surface area (TPSA) is 24.5 Å². The van der Waals surface area contributed by atoms with Gasteiger partial charge in [-0.1, -0.05) is 6.92 Å². The molecule has 2 saturated heterocycles. The predicted molar refractivity (Wildman–Crippen MR) is 84.0 cm³/mol. The van der Waals surface area contributed by atoms with Gasteiger partial charge in [-0.2, -0.15) is 11.8 Å². The van der Waals surface area contributed by atoms with E-state index in [1.165, 1.54) is 37.2 Å². The molecule has 1 N–H and O–H groups in total. The highest BCUT2D eigenvalue weighted by Crippen LogP contribution is 2.41. The third kappa shape index (κ3) is 4.35. The average Bonchev–Trinajstić information content (AvgIpc) is 2.82. The zero-order chi connectivity index (χ0) is 13.7. The Morgan fingerprint density at radius 2 is 2.32 bits per heavy atom. The maximum atomic E-state index is 6.15. The maximum Gasteiger partial charge on any atom is 0.0783 e. The lowest BCUT2D eigenvalue weighted by Gasteiger charge is -2.41. The molecule has 0 aliphatic carbocycles. The third-order valence-corrected chi connectivity index (χ3v) is 5.61. The molecule has 2 rings (SSSR count). The second-order valence-corrected chi connectivity index (χ2v) is 7.51. The fourth-order valence-corrected chi connectivity index (χ4v) is 4.75. The van der Waals surface area contributed by atoms with Crippen molar-refractivity contribution in [3.63, 3.8) is 0 Å². The Kier molecular flexibility index (Phi) is 6.00. The van der Waals surface area contributed by atoms with Gasteiger partial charge in [-0.25, -0.2) is 0 Å². The van der Waals surface area contributed by atoms with E-state index in [4.69, 9.17) is 4.74 Å². The fraction of sp³-hybridized carbons (Fsp3) is 1.00. The molecule has 3 nitrogen and oxygen atoms in total. The number of ether oxygens (including phenoxy) is 1. The highest BCUT2D eigenvalue weighted by molar-refractivity contribution is 7.99. The molecule has 2 fully saturated rings. The van der Waals surface area contributed by atoms with Gasteiger partial charge in [0.1, 0.15) is 0 Å². The number of nitrogens with one attached hydrogen (secondary N) is 1. The zero-order valence-electron chi connectivity index (χ0n) is 12.8. The molecule has 0 amide bonds. The second kappa shape index (κ2) is 7.30. The van der Waals surface area contributed by atoms with E-state index in [9.17, 15) is 0 Å². The van der Waals surface area contributed by atoms with E-state index in [2.05, 4.69) is 43.0 Å². The van der Waals surface area contributed by atoms with Crippen LogP contribution in [0.2, 0.25) is 0 Å². The Labute approximate surface area is 122 Å². The second-order valence-electron chi connectivity index (χ2n) is 6.41. The summed E-state index contributed by atoms with van der Waals surface area (Å²) in [6, 6.07) is 0.626. The number of hydrogen-bond acceptors (Lipinski definition) is 4. The molecule has 1 spiro atoms. The third-order valence-electron chi connectivity index (χ3n) is 4.39. The molecule has 0 aromatic heterocycles. The van der Waals surface area contributed by atoms with Crippen LogP contribution in [0.15, 0.2) is 0 Å². The summed E-state index contributed by atoms with van der Waals surface area (Å²) in [5.41, 5.74) is 0.214. The molecule has 0 radical (unpaired) electrons. The summed E-state index contributed by atoms with van der Waals surface area (Å²) >= 11 is 2.07. The molecule has 2 heterocycles. The van der Waals surface area contributed by atoms with Crippen molar-refractivity contribution in [3.8, 4) is 0 Å². The van der Waals surface area contributed by atoms with E-state index in [0.29, 0.717) is 6.04 Å². The van der Waals surface area contributed by atoms with E-state index in [-0.39, 0.29) is 5.60 Å². The molecular weight excluding hydrogens is 256 g/mol. The Bertz CT molecular complexity index is 267. The van der Waals surface area contributed by atoms with Gasteiger partial charge in [-0.3, -0.25) is 0 Å². The first-order valence-electron chi connectivity index (χ1n) is 7.75. The number of likely N-dealkylation sites (N-methyl/N-ethyl adjacent to an activating group) is 1. The monoisotopic (exact) mass is 286 g/mol. The minimum absolute atomic E-state index is 0.214. The van der Waals surface area contributed by atoms with Gasteiger partial charge in [-0.15, -0.1) is 0 Å². The van der Waals surface area contributed by atoms with Gasteiger partial charge in [0.15, 0.2) is 0 Å². The summed E-state index contributed by atoms with van der Waals surface area (Å²) < 4.78 is 6.15. The lowest BCUT2D eigenvalue weighted by Crippen LogP contribution is -2.50. The smallest absolute Gasteiger partial charge is 0.0783 e. The number of hydrogen-bond donors (Lipinski definition) is 1. The van der Waals surface area contributed by atoms with E-state index in [1.807, 2.05) is 0 Å². The predicted octanol–water partition coefficient (Wildman–Crippen LogP) is 2.22. The molecule has 3 atom stereocenters. The van der Waals surface area contributed by atoms with Crippen molar-refractivity contribution in [2.45, 2.75) is 44.2 Å². The molecule has 2 aliphatic heterocycles. The molecular formula is C15H30N2OS.